The van der Waals surface area contributed by atoms with Crippen molar-refractivity contribution in [2.45, 2.75) is 18.5 Å². The lowest BCUT2D eigenvalue weighted by Crippen LogP contribution is -2.47. The second kappa shape index (κ2) is 16.8. The highest BCUT2D eigenvalue weighted by molar-refractivity contribution is 5.93. The fraction of sp³-hybridized carbons (Fsp3) is 0.250. The number of aromatic amines is 1. The number of piperazine rings is 1. The first-order valence-electron chi connectivity index (χ1n) is 13.3. The number of aliphatic carboxylic acids is 3. The topological polar surface area (TPSA) is 197 Å². The number of rotatable bonds is 3. The van der Waals surface area contributed by atoms with Crippen LogP contribution in [0, 0.1) is 11.3 Å². The van der Waals surface area contributed by atoms with Crippen LogP contribution >= 0.6 is 0 Å². The first-order chi connectivity index (χ1) is 23.1. The van der Waals surface area contributed by atoms with Gasteiger partial charge in [-0.25, -0.2) is 24.4 Å². The van der Waals surface area contributed by atoms with Gasteiger partial charge in [-0.15, -0.1) is 0 Å². The lowest BCUT2D eigenvalue weighted by atomic mass is 10.1. The van der Waals surface area contributed by atoms with E-state index in [2.05, 4.69) is 54.2 Å². The molecule has 3 heterocycles. The quantitative estimate of drug-likeness (QED) is 0.204. The maximum Gasteiger partial charge on any atom is 0.490 e. The Kier molecular flexibility index (Phi) is 13.5. The van der Waals surface area contributed by atoms with Crippen LogP contribution in [0.3, 0.4) is 0 Å². The van der Waals surface area contributed by atoms with Crippen LogP contribution in [0.5, 0.6) is 0 Å². The van der Waals surface area contributed by atoms with E-state index >= 15 is 0 Å². The molecule has 0 saturated carbocycles. The lowest BCUT2D eigenvalue weighted by molar-refractivity contribution is -0.193. The highest BCUT2D eigenvalue weighted by Crippen LogP contribution is 2.29. The van der Waals surface area contributed by atoms with Crippen molar-refractivity contribution in [3.63, 3.8) is 0 Å². The van der Waals surface area contributed by atoms with Gasteiger partial charge in [0.25, 0.3) is 0 Å². The van der Waals surface area contributed by atoms with Crippen molar-refractivity contribution in [2.24, 2.45) is 0 Å². The number of nitrogens with one attached hydrogen (secondary N) is 1. The number of anilines is 2. The molecule has 0 aliphatic carbocycles. The van der Waals surface area contributed by atoms with Crippen LogP contribution in [0.4, 0.5) is 51.0 Å². The van der Waals surface area contributed by atoms with Crippen molar-refractivity contribution < 1.29 is 69.2 Å². The molecule has 4 N–H and O–H groups in total. The van der Waals surface area contributed by atoms with Crippen LogP contribution in [0.15, 0.2) is 61.2 Å². The number of carboxylic acids is 3. The Hall–Kier alpha value is -6.14. The number of fused-ring (bicyclic) bond motifs is 1. The van der Waals surface area contributed by atoms with Crippen molar-refractivity contribution in [1.29, 1.82) is 5.26 Å². The summed E-state index contributed by atoms with van der Waals surface area (Å²) in [7, 11) is 0. The summed E-state index contributed by atoms with van der Waals surface area (Å²) in [6.45, 7) is 3.47. The van der Waals surface area contributed by atoms with E-state index in [4.69, 9.17) is 35.0 Å². The zero-order chi connectivity index (χ0) is 37.9. The standard InChI is InChI=1S/C22H19N7.3C2HF3O2/c23-12-16-2-1-3-19(10-16)28-6-8-29(9-7-28)22-20-11-17(18-13-26-27-14-18)4-5-21(20)24-15-25-22;3*3-2(4,5)1(6)7/h1-5,10-11,13-15H,6-9H2,(H,26,27);3*(H,6,7). The van der Waals surface area contributed by atoms with Crippen LogP contribution in [-0.4, -0.2) is 98.1 Å². The number of carbonyl (C=O) groups is 3. The largest absolute Gasteiger partial charge is 0.490 e. The predicted octanol–water partition coefficient (Wildman–Crippen LogP) is 5.12. The Morgan fingerprint density at radius 3 is 1.72 bits per heavy atom. The summed E-state index contributed by atoms with van der Waals surface area (Å²) in [5, 5.41) is 38.5. The monoisotopic (exact) mass is 723 g/mol. The summed E-state index contributed by atoms with van der Waals surface area (Å²) < 4.78 is 95.2. The molecular formula is C28H22F9N7O6. The molecule has 0 bridgehead atoms. The van der Waals surface area contributed by atoms with Crippen molar-refractivity contribution in [1.82, 2.24) is 20.2 Å². The zero-order valence-corrected chi connectivity index (χ0v) is 24.8. The third-order valence-electron chi connectivity index (χ3n) is 6.09. The van der Waals surface area contributed by atoms with Gasteiger partial charge in [0, 0.05) is 49.0 Å². The summed E-state index contributed by atoms with van der Waals surface area (Å²) >= 11 is 0. The molecule has 13 nitrogen and oxygen atoms in total. The molecule has 1 aliphatic heterocycles. The summed E-state index contributed by atoms with van der Waals surface area (Å²) in [5.41, 5.74) is 4.86. The number of aromatic nitrogens is 4. The number of alkyl halides is 9. The van der Waals surface area contributed by atoms with E-state index < -0.39 is 36.4 Å². The molecule has 1 fully saturated rings. The van der Waals surface area contributed by atoms with Crippen LogP contribution < -0.4 is 9.80 Å². The van der Waals surface area contributed by atoms with Crippen molar-refractivity contribution >= 4 is 40.3 Å². The first kappa shape index (κ1) is 40.0. The minimum Gasteiger partial charge on any atom is -0.475 e. The smallest absolute Gasteiger partial charge is 0.475 e. The molecule has 1 aliphatic rings. The third-order valence-corrected chi connectivity index (χ3v) is 6.09. The highest BCUT2D eigenvalue weighted by atomic mass is 19.4. The van der Waals surface area contributed by atoms with E-state index in [-0.39, 0.29) is 0 Å². The number of carboxylic acid groups (broad SMARTS) is 3. The number of nitriles is 1. The summed E-state index contributed by atoms with van der Waals surface area (Å²) in [6.07, 6.45) is -9.91. The molecule has 0 unspecified atom stereocenters. The summed E-state index contributed by atoms with van der Waals surface area (Å²) in [4.78, 5) is 40.4. The molecule has 4 aromatic rings. The van der Waals surface area contributed by atoms with E-state index in [0.717, 1.165) is 59.7 Å². The fourth-order valence-electron chi connectivity index (χ4n) is 3.83. The Morgan fingerprint density at radius 1 is 0.740 bits per heavy atom. The Morgan fingerprint density at radius 2 is 1.26 bits per heavy atom. The Bertz CT molecular complexity index is 1740. The van der Waals surface area contributed by atoms with Gasteiger partial charge in [0.05, 0.1) is 23.3 Å². The van der Waals surface area contributed by atoms with Gasteiger partial charge in [-0.05, 0) is 35.9 Å². The van der Waals surface area contributed by atoms with Crippen LogP contribution in [0.1, 0.15) is 5.56 Å². The average Bonchev–Trinajstić information content (AvgIpc) is 3.59. The van der Waals surface area contributed by atoms with E-state index in [1.165, 1.54) is 0 Å². The summed E-state index contributed by atoms with van der Waals surface area (Å²) in [5.74, 6) is -7.31. The van der Waals surface area contributed by atoms with Gasteiger partial charge in [0.1, 0.15) is 12.1 Å². The van der Waals surface area contributed by atoms with Gasteiger partial charge < -0.3 is 25.1 Å². The fourth-order valence-corrected chi connectivity index (χ4v) is 3.83. The third kappa shape index (κ3) is 12.1. The molecule has 22 heteroatoms. The molecule has 0 amide bonds. The molecule has 0 spiro atoms. The minimum absolute atomic E-state index is 0.693. The number of nitrogens with zero attached hydrogens (tertiary/aromatic N) is 6. The highest BCUT2D eigenvalue weighted by Gasteiger charge is 2.39. The number of H-pyrrole nitrogens is 1. The molecular weight excluding hydrogens is 701 g/mol. The molecule has 2 aromatic heterocycles. The molecule has 2 aromatic carbocycles. The van der Waals surface area contributed by atoms with E-state index in [1.807, 2.05) is 36.7 Å². The molecule has 50 heavy (non-hydrogen) atoms. The lowest BCUT2D eigenvalue weighted by Gasteiger charge is -2.37. The average molecular weight is 724 g/mol. The van der Waals surface area contributed by atoms with Crippen molar-refractivity contribution in [2.75, 3.05) is 36.0 Å². The van der Waals surface area contributed by atoms with Gasteiger partial charge in [-0.3, -0.25) is 5.10 Å². The van der Waals surface area contributed by atoms with Crippen molar-refractivity contribution in [3.05, 3.63) is 66.7 Å². The molecule has 5 rings (SSSR count). The van der Waals surface area contributed by atoms with Gasteiger partial charge >= 0.3 is 36.4 Å². The number of benzene rings is 2. The van der Waals surface area contributed by atoms with E-state index in [1.54, 1.807) is 6.33 Å². The number of hydrogen-bond acceptors (Lipinski definition) is 9. The zero-order valence-electron chi connectivity index (χ0n) is 24.8. The second-order valence-electron chi connectivity index (χ2n) is 9.46. The predicted molar refractivity (Wildman–Crippen MR) is 154 cm³/mol. The Balaban J connectivity index is 0.000000338. The second-order valence-corrected chi connectivity index (χ2v) is 9.46. The van der Waals surface area contributed by atoms with Crippen LogP contribution in [-0.2, 0) is 14.4 Å². The van der Waals surface area contributed by atoms with Gasteiger partial charge in [-0.1, -0.05) is 12.1 Å². The van der Waals surface area contributed by atoms with Gasteiger partial charge in [0.15, 0.2) is 0 Å². The molecule has 0 radical (unpaired) electrons. The molecule has 1 saturated heterocycles. The van der Waals surface area contributed by atoms with E-state index in [9.17, 15) is 39.5 Å². The van der Waals surface area contributed by atoms with Crippen LogP contribution in [0.2, 0.25) is 0 Å². The minimum atomic E-state index is -5.08. The van der Waals surface area contributed by atoms with Crippen molar-refractivity contribution in [3.8, 4) is 17.2 Å². The van der Waals surface area contributed by atoms with Gasteiger partial charge in [-0.2, -0.15) is 49.9 Å². The maximum atomic E-state index is 10.6. The van der Waals surface area contributed by atoms with Gasteiger partial charge in [0.2, 0.25) is 0 Å². The molecule has 268 valence electrons. The Labute approximate surface area is 273 Å². The maximum absolute atomic E-state index is 10.6. The molecule has 0 atom stereocenters. The summed E-state index contributed by atoms with van der Waals surface area (Å²) in [6, 6.07) is 16.2. The number of hydrogen-bond donors (Lipinski definition) is 4. The van der Waals surface area contributed by atoms with E-state index in [0.29, 0.717) is 5.56 Å². The number of halogens is 9. The normalized spacial score (nSPS) is 13.0. The van der Waals surface area contributed by atoms with Crippen LogP contribution in [0.25, 0.3) is 22.0 Å². The first-order valence-corrected chi connectivity index (χ1v) is 13.3. The SMILES string of the molecule is N#Cc1cccc(N2CCN(c3ncnc4ccc(-c5cn[nH]c5)cc34)CC2)c1.O=C(O)C(F)(F)F.O=C(O)C(F)(F)F.O=C(O)C(F)(F)F.